The summed E-state index contributed by atoms with van der Waals surface area (Å²) in [5.41, 5.74) is 1.20. The number of carbonyl (C=O) groups is 2. The molecule has 0 aromatic heterocycles. The molecule has 5 heteroatoms. The number of benzene rings is 1. The topological polar surface area (TPSA) is 49.4 Å². The van der Waals surface area contributed by atoms with Gasteiger partial charge in [0.05, 0.1) is 11.8 Å². The molecular weight excluding hydrogens is 284 g/mol. The van der Waals surface area contributed by atoms with Crippen LogP contribution in [0, 0.1) is 6.92 Å². The highest BCUT2D eigenvalue weighted by Gasteiger charge is 2.20. The van der Waals surface area contributed by atoms with E-state index in [1.54, 1.807) is 0 Å². The molecule has 0 saturated carbocycles. The summed E-state index contributed by atoms with van der Waals surface area (Å²) < 4.78 is 0. The Bertz CT molecular complexity index is 496. The molecule has 1 unspecified atom stereocenters. The number of nitrogens with one attached hydrogen (secondary N) is 1. The lowest BCUT2D eigenvalue weighted by Crippen LogP contribution is -2.41. The average molecular weight is 306 g/mol. The van der Waals surface area contributed by atoms with Crippen LogP contribution < -0.4 is 5.32 Å². The van der Waals surface area contributed by atoms with Crippen molar-refractivity contribution in [2.24, 2.45) is 0 Å². The van der Waals surface area contributed by atoms with Crippen LogP contribution in [0.15, 0.2) is 29.2 Å². The number of carbonyl (C=O) groups excluding carboxylic acids is 2. The number of rotatable bonds is 5. The van der Waals surface area contributed by atoms with Gasteiger partial charge in [0.15, 0.2) is 0 Å². The molecule has 114 valence electrons. The van der Waals surface area contributed by atoms with Crippen molar-refractivity contribution in [3.8, 4) is 0 Å². The highest BCUT2D eigenvalue weighted by atomic mass is 32.2. The van der Waals surface area contributed by atoms with Crippen LogP contribution in [0.3, 0.4) is 0 Å². The minimum Gasteiger partial charge on any atom is -0.346 e. The first kappa shape index (κ1) is 15.9. The second-order valence-electron chi connectivity index (χ2n) is 5.38. The fourth-order valence-corrected chi connectivity index (χ4v) is 3.15. The van der Waals surface area contributed by atoms with E-state index in [1.807, 2.05) is 43.0 Å². The van der Waals surface area contributed by atoms with Gasteiger partial charge in [-0.3, -0.25) is 9.59 Å². The van der Waals surface area contributed by atoms with Gasteiger partial charge in [-0.15, -0.1) is 11.8 Å². The highest BCUT2D eigenvalue weighted by molar-refractivity contribution is 8.00. The van der Waals surface area contributed by atoms with E-state index in [0.29, 0.717) is 0 Å². The van der Waals surface area contributed by atoms with E-state index in [1.165, 1.54) is 17.3 Å². The Morgan fingerprint density at radius 3 is 2.48 bits per heavy atom. The molecule has 1 aromatic carbocycles. The molecule has 1 aliphatic heterocycles. The predicted octanol–water partition coefficient (Wildman–Crippen LogP) is 2.21. The third kappa shape index (κ3) is 4.77. The molecule has 1 atom stereocenters. The van der Waals surface area contributed by atoms with Gasteiger partial charge < -0.3 is 10.2 Å². The minimum atomic E-state index is -0.209. The van der Waals surface area contributed by atoms with Crippen LogP contribution in [0.25, 0.3) is 0 Å². The number of amides is 2. The van der Waals surface area contributed by atoms with E-state index >= 15 is 0 Å². The smallest absolute Gasteiger partial charge is 0.241 e. The molecule has 1 heterocycles. The normalized spacial score (nSPS) is 15.8. The molecule has 0 radical (unpaired) electrons. The lowest BCUT2D eigenvalue weighted by Gasteiger charge is -2.17. The third-order valence-corrected chi connectivity index (χ3v) is 4.69. The molecule has 0 bridgehead atoms. The first-order valence-corrected chi connectivity index (χ1v) is 8.23. The van der Waals surface area contributed by atoms with Crippen molar-refractivity contribution in [3.05, 3.63) is 29.8 Å². The Morgan fingerprint density at radius 2 is 1.86 bits per heavy atom. The monoisotopic (exact) mass is 306 g/mol. The van der Waals surface area contributed by atoms with Crippen molar-refractivity contribution in [3.63, 3.8) is 0 Å². The standard InChI is InChI=1S/C16H22N2O2S/c1-12-5-7-14(8-6-12)21-13(2)16(20)17-11-15(19)18-9-3-4-10-18/h5-8,13H,3-4,9-11H2,1-2H3,(H,17,20). The molecule has 4 nitrogen and oxygen atoms in total. The zero-order chi connectivity index (χ0) is 15.2. The maximum Gasteiger partial charge on any atom is 0.241 e. The number of nitrogens with zero attached hydrogens (tertiary/aromatic N) is 1. The lowest BCUT2D eigenvalue weighted by atomic mass is 10.2. The quantitative estimate of drug-likeness (QED) is 0.849. The van der Waals surface area contributed by atoms with Crippen molar-refractivity contribution in [1.82, 2.24) is 10.2 Å². The number of aryl methyl sites for hydroxylation is 1. The molecule has 1 N–H and O–H groups in total. The molecular formula is C16H22N2O2S. The van der Waals surface area contributed by atoms with Crippen molar-refractivity contribution in [2.45, 2.75) is 36.8 Å². The van der Waals surface area contributed by atoms with Crippen LogP contribution in [0.5, 0.6) is 0 Å². The molecule has 2 amide bonds. The highest BCUT2D eigenvalue weighted by Crippen LogP contribution is 2.23. The number of likely N-dealkylation sites (tertiary alicyclic amines) is 1. The summed E-state index contributed by atoms with van der Waals surface area (Å²) in [6.45, 7) is 5.65. The lowest BCUT2D eigenvalue weighted by molar-refractivity contribution is -0.131. The molecule has 1 fully saturated rings. The van der Waals surface area contributed by atoms with Gasteiger partial charge in [-0.05, 0) is 38.8 Å². The largest absolute Gasteiger partial charge is 0.346 e. The number of thioether (sulfide) groups is 1. The van der Waals surface area contributed by atoms with E-state index in [9.17, 15) is 9.59 Å². The second kappa shape index (κ2) is 7.50. The SMILES string of the molecule is Cc1ccc(SC(C)C(=O)NCC(=O)N2CCCC2)cc1. The van der Waals surface area contributed by atoms with Gasteiger partial charge in [-0.25, -0.2) is 0 Å². The first-order valence-electron chi connectivity index (χ1n) is 7.35. The molecule has 1 saturated heterocycles. The minimum absolute atomic E-state index is 0.0217. The Balaban J connectivity index is 1.76. The molecule has 1 aliphatic rings. The van der Waals surface area contributed by atoms with Gasteiger partial charge in [0, 0.05) is 18.0 Å². The van der Waals surface area contributed by atoms with Gasteiger partial charge >= 0.3 is 0 Å². The Labute approximate surface area is 130 Å². The Morgan fingerprint density at radius 1 is 1.24 bits per heavy atom. The van der Waals surface area contributed by atoms with Crippen molar-refractivity contribution in [1.29, 1.82) is 0 Å². The van der Waals surface area contributed by atoms with Gasteiger partial charge in [-0.2, -0.15) is 0 Å². The summed E-state index contributed by atoms with van der Waals surface area (Å²) in [6, 6.07) is 8.09. The van der Waals surface area contributed by atoms with Crippen LogP contribution >= 0.6 is 11.8 Å². The fraction of sp³-hybridized carbons (Fsp3) is 0.500. The summed E-state index contributed by atoms with van der Waals surface area (Å²) in [7, 11) is 0. The maximum absolute atomic E-state index is 12.0. The van der Waals surface area contributed by atoms with Gasteiger partial charge in [0.1, 0.15) is 0 Å². The van der Waals surface area contributed by atoms with Crippen molar-refractivity contribution >= 4 is 23.6 Å². The molecule has 0 aliphatic carbocycles. The first-order chi connectivity index (χ1) is 10.1. The summed E-state index contributed by atoms with van der Waals surface area (Å²) in [4.78, 5) is 26.8. The summed E-state index contributed by atoms with van der Waals surface area (Å²) in [5.74, 6) is -0.0680. The zero-order valence-corrected chi connectivity index (χ0v) is 13.4. The van der Waals surface area contributed by atoms with Crippen LogP contribution in [0.4, 0.5) is 0 Å². The van der Waals surface area contributed by atoms with Crippen molar-refractivity contribution in [2.75, 3.05) is 19.6 Å². The van der Waals surface area contributed by atoms with Crippen LogP contribution in [-0.2, 0) is 9.59 Å². The van der Waals surface area contributed by atoms with E-state index in [4.69, 9.17) is 0 Å². The van der Waals surface area contributed by atoms with Gasteiger partial charge in [0.2, 0.25) is 11.8 Å². The van der Waals surface area contributed by atoms with E-state index in [0.717, 1.165) is 30.8 Å². The summed E-state index contributed by atoms with van der Waals surface area (Å²) in [6.07, 6.45) is 2.14. The van der Waals surface area contributed by atoms with Crippen LogP contribution in [0.1, 0.15) is 25.3 Å². The van der Waals surface area contributed by atoms with E-state index in [2.05, 4.69) is 5.32 Å². The zero-order valence-electron chi connectivity index (χ0n) is 12.6. The number of hydrogen-bond acceptors (Lipinski definition) is 3. The molecule has 21 heavy (non-hydrogen) atoms. The van der Waals surface area contributed by atoms with Crippen molar-refractivity contribution < 1.29 is 9.59 Å². The van der Waals surface area contributed by atoms with Gasteiger partial charge in [-0.1, -0.05) is 17.7 Å². The second-order valence-corrected chi connectivity index (χ2v) is 6.79. The molecule has 0 spiro atoms. The Kier molecular flexibility index (Phi) is 5.67. The maximum atomic E-state index is 12.0. The molecule has 2 rings (SSSR count). The van der Waals surface area contributed by atoms with Crippen LogP contribution in [0.2, 0.25) is 0 Å². The fourth-order valence-electron chi connectivity index (χ4n) is 2.26. The summed E-state index contributed by atoms with van der Waals surface area (Å²) in [5, 5.41) is 2.53. The van der Waals surface area contributed by atoms with Gasteiger partial charge in [0.25, 0.3) is 0 Å². The molecule has 1 aromatic rings. The van der Waals surface area contributed by atoms with Crippen LogP contribution in [-0.4, -0.2) is 41.6 Å². The predicted molar refractivity (Wildman–Crippen MR) is 85.3 cm³/mol. The summed E-state index contributed by atoms with van der Waals surface area (Å²) >= 11 is 1.51. The Hall–Kier alpha value is -1.49. The number of hydrogen-bond donors (Lipinski definition) is 1. The average Bonchev–Trinajstić information content (AvgIpc) is 3.01. The van der Waals surface area contributed by atoms with E-state index < -0.39 is 0 Å². The third-order valence-electron chi connectivity index (χ3n) is 3.58. The van der Waals surface area contributed by atoms with E-state index in [-0.39, 0.29) is 23.6 Å².